The molecule has 5 heteroatoms. The standard InChI is InChI=1S/C11H13FO4/c1-15-9-3-2-4-10(6-9)16-7-8(12)5-11(13)14/h2-4,6,8H,5,7H2,1H3,(H,13,14). The van der Waals surface area contributed by atoms with Gasteiger partial charge in [-0.05, 0) is 12.1 Å². The normalized spacial score (nSPS) is 11.9. The fraction of sp³-hybridized carbons (Fsp3) is 0.364. The van der Waals surface area contributed by atoms with Crippen molar-refractivity contribution in [1.82, 2.24) is 0 Å². The molecule has 0 heterocycles. The van der Waals surface area contributed by atoms with E-state index in [1.54, 1.807) is 24.3 Å². The first kappa shape index (κ1) is 12.3. The summed E-state index contributed by atoms with van der Waals surface area (Å²) in [6.45, 7) is -0.278. The number of carboxylic acid groups (broad SMARTS) is 1. The lowest BCUT2D eigenvalue weighted by Gasteiger charge is -2.09. The summed E-state index contributed by atoms with van der Waals surface area (Å²) >= 11 is 0. The van der Waals surface area contributed by atoms with Crippen LogP contribution in [-0.2, 0) is 4.79 Å². The Morgan fingerprint density at radius 2 is 2.19 bits per heavy atom. The highest BCUT2D eigenvalue weighted by atomic mass is 19.1. The average molecular weight is 228 g/mol. The molecule has 0 spiro atoms. The van der Waals surface area contributed by atoms with E-state index in [-0.39, 0.29) is 6.61 Å². The van der Waals surface area contributed by atoms with Gasteiger partial charge in [-0.15, -0.1) is 0 Å². The van der Waals surface area contributed by atoms with Gasteiger partial charge in [0.1, 0.15) is 24.3 Å². The Kier molecular flexibility index (Phi) is 4.57. The lowest BCUT2D eigenvalue weighted by molar-refractivity contribution is -0.138. The summed E-state index contributed by atoms with van der Waals surface area (Å²) in [5.41, 5.74) is 0. The Bertz CT molecular complexity index is 354. The number of carboxylic acids is 1. The van der Waals surface area contributed by atoms with Gasteiger partial charge in [0.2, 0.25) is 0 Å². The summed E-state index contributed by atoms with van der Waals surface area (Å²) in [6, 6.07) is 6.69. The molecule has 1 aromatic carbocycles. The Morgan fingerprint density at radius 1 is 1.50 bits per heavy atom. The molecule has 1 rings (SSSR count). The molecule has 1 N–H and O–H groups in total. The number of hydrogen-bond donors (Lipinski definition) is 1. The minimum atomic E-state index is -1.51. The number of rotatable bonds is 6. The van der Waals surface area contributed by atoms with Crippen LogP contribution in [0.3, 0.4) is 0 Å². The second kappa shape index (κ2) is 5.95. The highest BCUT2D eigenvalue weighted by Gasteiger charge is 2.12. The molecule has 16 heavy (non-hydrogen) atoms. The fourth-order valence-corrected chi connectivity index (χ4v) is 1.13. The number of methoxy groups -OCH3 is 1. The van der Waals surface area contributed by atoms with Crippen molar-refractivity contribution >= 4 is 5.97 Å². The van der Waals surface area contributed by atoms with Crippen molar-refractivity contribution in [3.05, 3.63) is 24.3 Å². The van der Waals surface area contributed by atoms with Gasteiger partial charge < -0.3 is 14.6 Å². The Hall–Kier alpha value is -1.78. The highest BCUT2D eigenvalue weighted by Crippen LogP contribution is 2.19. The monoisotopic (exact) mass is 228 g/mol. The number of halogens is 1. The summed E-state index contributed by atoms with van der Waals surface area (Å²) in [5.74, 6) is -0.125. The van der Waals surface area contributed by atoms with Gasteiger partial charge in [0, 0.05) is 6.07 Å². The van der Waals surface area contributed by atoms with Crippen LogP contribution in [0.4, 0.5) is 4.39 Å². The van der Waals surface area contributed by atoms with Crippen LogP contribution in [0, 0.1) is 0 Å². The van der Waals surface area contributed by atoms with Gasteiger partial charge >= 0.3 is 5.97 Å². The maximum absolute atomic E-state index is 13.0. The number of benzene rings is 1. The summed E-state index contributed by atoms with van der Waals surface area (Å²) < 4.78 is 23.0. The number of aliphatic carboxylic acids is 1. The predicted octanol–water partition coefficient (Wildman–Crippen LogP) is 1.89. The first-order valence-electron chi connectivity index (χ1n) is 4.74. The van der Waals surface area contributed by atoms with Crippen LogP contribution in [0.2, 0.25) is 0 Å². The molecular weight excluding hydrogens is 215 g/mol. The lowest BCUT2D eigenvalue weighted by atomic mass is 10.3. The van der Waals surface area contributed by atoms with E-state index >= 15 is 0 Å². The van der Waals surface area contributed by atoms with Crippen molar-refractivity contribution in [3.8, 4) is 11.5 Å². The van der Waals surface area contributed by atoms with Gasteiger partial charge in [0.25, 0.3) is 0 Å². The highest BCUT2D eigenvalue weighted by molar-refractivity contribution is 5.67. The van der Waals surface area contributed by atoms with Crippen molar-refractivity contribution in [2.45, 2.75) is 12.6 Å². The second-order valence-corrected chi connectivity index (χ2v) is 3.19. The third kappa shape index (κ3) is 4.16. The van der Waals surface area contributed by atoms with E-state index < -0.39 is 18.6 Å². The topological polar surface area (TPSA) is 55.8 Å². The molecule has 1 unspecified atom stereocenters. The van der Waals surface area contributed by atoms with E-state index in [0.717, 1.165) is 0 Å². The lowest BCUT2D eigenvalue weighted by Crippen LogP contribution is -2.16. The van der Waals surface area contributed by atoms with Crippen molar-refractivity contribution in [1.29, 1.82) is 0 Å². The van der Waals surface area contributed by atoms with E-state index in [4.69, 9.17) is 14.6 Å². The maximum Gasteiger partial charge on any atom is 0.306 e. The zero-order chi connectivity index (χ0) is 12.0. The first-order valence-corrected chi connectivity index (χ1v) is 4.74. The van der Waals surface area contributed by atoms with Gasteiger partial charge in [0.05, 0.1) is 13.5 Å². The summed E-state index contributed by atoms with van der Waals surface area (Å²) in [7, 11) is 1.52. The molecule has 0 amide bonds. The van der Waals surface area contributed by atoms with E-state index in [1.807, 2.05) is 0 Å². The first-order chi connectivity index (χ1) is 7.61. The molecule has 0 aliphatic rings. The molecule has 0 saturated heterocycles. The van der Waals surface area contributed by atoms with Crippen LogP contribution < -0.4 is 9.47 Å². The third-order valence-electron chi connectivity index (χ3n) is 1.87. The van der Waals surface area contributed by atoms with Crippen LogP contribution in [0.25, 0.3) is 0 Å². The SMILES string of the molecule is COc1cccc(OCC(F)CC(=O)O)c1. The smallest absolute Gasteiger partial charge is 0.306 e. The quantitative estimate of drug-likeness (QED) is 0.807. The van der Waals surface area contributed by atoms with Crippen molar-refractivity contribution in [2.24, 2.45) is 0 Å². The third-order valence-corrected chi connectivity index (χ3v) is 1.87. The molecule has 0 radical (unpaired) electrons. The summed E-state index contributed by atoms with van der Waals surface area (Å²) in [6.07, 6.45) is -2.06. The number of alkyl halides is 1. The van der Waals surface area contributed by atoms with Crippen LogP contribution >= 0.6 is 0 Å². The predicted molar refractivity (Wildman–Crippen MR) is 55.6 cm³/mol. The Labute approximate surface area is 92.6 Å². The average Bonchev–Trinajstić information content (AvgIpc) is 2.26. The maximum atomic E-state index is 13.0. The van der Waals surface area contributed by atoms with E-state index in [9.17, 15) is 9.18 Å². The van der Waals surface area contributed by atoms with Crippen LogP contribution in [0.5, 0.6) is 11.5 Å². The molecule has 4 nitrogen and oxygen atoms in total. The fourth-order valence-electron chi connectivity index (χ4n) is 1.13. The molecule has 88 valence electrons. The number of hydrogen-bond acceptors (Lipinski definition) is 3. The second-order valence-electron chi connectivity index (χ2n) is 3.19. The number of carbonyl (C=O) groups is 1. The van der Waals surface area contributed by atoms with Crippen LogP contribution in [-0.4, -0.2) is 31.0 Å². The summed E-state index contributed by atoms with van der Waals surface area (Å²) in [5, 5.41) is 8.35. The van der Waals surface area contributed by atoms with Crippen molar-refractivity contribution in [2.75, 3.05) is 13.7 Å². The molecule has 0 fully saturated rings. The minimum absolute atomic E-state index is 0.278. The molecule has 0 aromatic heterocycles. The Balaban J connectivity index is 2.44. The van der Waals surface area contributed by atoms with Crippen molar-refractivity contribution < 1.29 is 23.8 Å². The molecule has 1 atom stereocenters. The van der Waals surface area contributed by atoms with E-state index in [1.165, 1.54) is 7.11 Å². The van der Waals surface area contributed by atoms with Gasteiger partial charge in [-0.2, -0.15) is 0 Å². The minimum Gasteiger partial charge on any atom is -0.497 e. The van der Waals surface area contributed by atoms with E-state index in [2.05, 4.69) is 0 Å². The largest absolute Gasteiger partial charge is 0.497 e. The van der Waals surface area contributed by atoms with Gasteiger partial charge in [-0.3, -0.25) is 4.79 Å². The van der Waals surface area contributed by atoms with Crippen molar-refractivity contribution in [3.63, 3.8) is 0 Å². The van der Waals surface area contributed by atoms with Crippen LogP contribution in [0.15, 0.2) is 24.3 Å². The molecule has 0 bridgehead atoms. The van der Waals surface area contributed by atoms with Crippen LogP contribution in [0.1, 0.15) is 6.42 Å². The van der Waals surface area contributed by atoms with Gasteiger partial charge in [0.15, 0.2) is 0 Å². The zero-order valence-corrected chi connectivity index (χ0v) is 8.85. The Morgan fingerprint density at radius 3 is 2.81 bits per heavy atom. The van der Waals surface area contributed by atoms with Gasteiger partial charge in [-0.1, -0.05) is 6.07 Å². The van der Waals surface area contributed by atoms with Gasteiger partial charge in [-0.25, -0.2) is 4.39 Å². The van der Waals surface area contributed by atoms with E-state index in [0.29, 0.717) is 11.5 Å². The zero-order valence-electron chi connectivity index (χ0n) is 8.85. The summed E-state index contributed by atoms with van der Waals surface area (Å²) in [4.78, 5) is 10.2. The molecule has 0 aliphatic heterocycles. The molecule has 1 aromatic rings. The molecule has 0 aliphatic carbocycles. The number of ether oxygens (including phenoxy) is 2. The molecular formula is C11H13FO4. The molecule has 0 saturated carbocycles.